The first-order valence-electron chi connectivity index (χ1n) is 7.42. The molecular weight excluding hydrogens is 268 g/mol. The van der Waals surface area contributed by atoms with Gasteiger partial charge in [-0.1, -0.05) is 0 Å². The van der Waals surface area contributed by atoms with Crippen LogP contribution in [0.5, 0.6) is 0 Å². The Morgan fingerprint density at radius 2 is 2.10 bits per heavy atom. The van der Waals surface area contributed by atoms with Crippen molar-refractivity contribution >= 4 is 5.95 Å². The van der Waals surface area contributed by atoms with Crippen LogP contribution in [-0.2, 0) is 0 Å². The maximum Gasteiger partial charge on any atom is 0.244 e. The van der Waals surface area contributed by atoms with Crippen molar-refractivity contribution in [2.24, 2.45) is 11.7 Å². The van der Waals surface area contributed by atoms with E-state index in [0.717, 1.165) is 37.7 Å². The molecule has 8 heteroatoms. The Labute approximate surface area is 123 Å². The van der Waals surface area contributed by atoms with E-state index in [2.05, 4.69) is 37.1 Å². The molecule has 1 saturated heterocycles. The van der Waals surface area contributed by atoms with E-state index in [-0.39, 0.29) is 12.1 Å². The Bertz CT molecular complexity index is 552. The Balaban J connectivity index is 1.66. The van der Waals surface area contributed by atoms with Crippen LogP contribution in [0.1, 0.15) is 38.6 Å². The summed E-state index contributed by atoms with van der Waals surface area (Å²) in [6.45, 7) is 6.02. The Hall–Kier alpha value is -1.96. The highest BCUT2D eigenvalue weighted by Gasteiger charge is 2.24. The second-order valence-electron chi connectivity index (χ2n) is 5.76. The minimum absolute atomic E-state index is 0.00430. The van der Waals surface area contributed by atoms with Gasteiger partial charge in [-0.15, -0.1) is 5.10 Å². The third-order valence-corrected chi connectivity index (χ3v) is 4.29. The van der Waals surface area contributed by atoms with Crippen molar-refractivity contribution in [2.45, 2.75) is 38.8 Å². The Morgan fingerprint density at radius 1 is 1.33 bits per heavy atom. The number of anilines is 1. The van der Waals surface area contributed by atoms with E-state index < -0.39 is 0 Å². The SMILES string of the molecule is CC(N)C1CCN(c2n[nH]c(C(C)n3cncn3)n2)CC1. The molecule has 0 aliphatic carbocycles. The number of hydrogen-bond acceptors (Lipinski definition) is 6. The monoisotopic (exact) mass is 290 g/mol. The van der Waals surface area contributed by atoms with Crippen LogP contribution in [0.4, 0.5) is 5.95 Å². The molecule has 1 aliphatic rings. The number of aromatic amines is 1. The zero-order chi connectivity index (χ0) is 14.8. The summed E-state index contributed by atoms with van der Waals surface area (Å²) in [5.74, 6) is 2.17. The Morgan fingerprint density at radius 3 is 2.71 bits per heavy atom. The normalized spacial score (nSPS) is 19.7. The van der Waals surface area contributed by atoms with Crippen molar-refractivity contribution < 1.29 is 0 Å². The lowest BCUT2D eigenvalue weighted by Crippen LogP contribution is -2.40. The molecule has 0 amide bonds. The molecular formula is C13H22N8. The van der Waals surface area contributed by atoms with Crippen molar-refractivity contribution in [1.29, 1.82) is 0 Å². The van der Waals surface area contributed by atoms with Gasteiger partial charge in [0, 0.05) is 19.1 Å². The molecule has 2 aromatic heterocycles. The minimum Gasteiger partial charge on any atom is -0.340 e. The van der Waals surface area contributed by atoms with Gasteiger partial charge < -0.3 is 10.6 Å². The first-order valence-corrected chi connectivity index (χ1v) is 7.42. The molecule has 0 radical (unpaired) electrons. The first kappa shape index (κ1) is 14.0. The molecule has 0 aromatic carbocycles. The molecule has 1 aliphatic heterocycles. The van der Waals surface area contributed by atoms with Gasteiger partial charge in [-0.2, -0.15) is 10.1 Å². The van der Waals surface area contributed by atoms with Crippen LogP contribution in [0.15, 0.2) is 12.7 Å². The van der Waals surface area contributed by atoms with Crippen molar-refractivity contribution in [3.8, 4) is 0 Å². The minimum atomic E-state index is -0.00430. The van der Waals surface area contributed by atoms with Gasteiger partial charge in [-0.25, -0.2) is 9.67 Å². The van der Waals surface area contributed by atoms with Gasteiger partial charge in [-0.3, -0.25) is 5.10 Å². The molecule has 114 valence electrons. The summed E-state index contributed by atoms with van der Waals surface area (Å²) in [4.78, 5) is 10.8. The fourth-order valence-corrected chi connectivity index (χ4v) is 2.76. The van der Waals surface area contributed by atoms with Gasteiger partial charge in [0.25, 0.3) is 0 Å². The van der Waals surface area contributed by atoms with Crippen molar-refractivity contribution in [1.82, 2.24) is 29.9 Å². The predicted molar refractivity (Wildman–Crippen MR) is 78.8 cm³/mol. The zero-order valence-corrected chi connectivity index (χ0v) is 12.5. The maximum absolute atomic E-state index is 5.98. The summed E-state index contributed by atoms with van der Waals surface area (Å²) in [5, 5.41) is 11.5. The number of hydrogen-bond donors (Lipinski definition) is 2. The molecule has 3 rings (SSSR count). The van der Waals surface area contributed by atoms with Crippen LogP contribution < -0.4 is 10.6 Å². The van der Waals surface area contributed by atoms with E-state index in [4.69, 9.17) is 5.73 Å². The lowest BCUT2D eigenvalue weighted by molar-refractivity contribution is 0.352. The van der Waals surface area contributed by atoms with Gasteiger partial charge in [0.15, 0.2) is 5.82 Å². The average molecular weight is 290 g/mol. The number of aromatic nitrogens is 6. The highest BCUT2D eigenvalue weighted by Crippen LogP contribution is 2.23. The second-order valence-corrected chi connectivity index (χ2v) is 5.76. The van der Waals surface area contributed by atoms with Gasteiger partial charge in [-0.05, 0) is 32.6 Å². The summed E-state index contributed by atoms with van der Waals surface area (Å²) in [6, 6.07) is 0.262. The van der Waals surface area contributed by atoms with Crippen molar-refractivity contribution in [3.05, 3.63) is 18.5 Å². The number of nitrogens with zero attached hydrogens (tertiary/aromatic N) is 6. The van der Waals surface area contributed by atoms with E-state index in [0.29, 0.717) is 5.92 Å². The summed E-state index contributed by atoms with van der Waals surface area (Å²) in [5.41, 5.74) is 5.98. The maximum atomic E-state index is 5.98. The number of rotatable bonds is 4. The van der Waals surface area contributed by atoms with Crippen molar-refractivity contribution in [3.63, 3.8) is 0 Å². The fraction of sp³-hybridized carbons (Fsp3) is 0.692. The largest absolute Gasteiger partial charge is 0.340 e. The van der Waals surface area contributed by atoms with Crippen LogP contribution in [0.2, 0.25) is 0 Å². The smallest absolute Gasteiger partial charge is 0.244 e. The lowest BCUT2D eigenvalue weighted by Gasteiger charge is -2.32. The molecule has 2 unspecified atom stereocenters. The fourth-order valence-electron chi connectivity index (χ4n) is 2.76. The van der Waals surface area contributed by atoms with Gasteiger partial charge in [0.05, 0.1) is 0 Å². The summed E-state index contributed by atoms with van der Waals surface area (Å²) in [6.07, 6.45) is 5.40. The van der Waals surface area contributed by atoms with Crippen LogP contribution in [0, 0.1) is 5.92 Å². The molecule has 0 saturated carbocycles. The van der Waals surface area contributed by atoms with Crippen LogP contribution in [0.3, 0.4) is 0 Å². The van der Waals surface area contributed by atoms with E-state index >= 15 is 0 Å². The van der Waals surface area contributed by atoms with Gasteiger partial charge >= 0.3 is 0 Å². The van der Waals surface area contributed by atoms with Crippen LogP contribution in [-0.4, -0.2) is 49.1 Å². The van der Waals surface area contributed by atoms with Gasteiger partial charge in [0.1, 0.15) is 18.7 Å². The third-order valence-electron chi connectivity index (χ3n) is 4.29. The molecule has 1 fully saturated rings. The molecule has 2 aromatic rings. The molecule has 0 spiro atoms. The highest BCUT2D eigenvalue weighted by molar-refractivity contribution is 5.29. The molecule has 3 N–H and O–H groups in total. The predicted octanol–water partition coefficient (Wildman–Crippen LogP) is 0.569. The first-order chi connectivity index (χ1) is 10.1. The Kier molecular flexibility index (Phi) is 3.87. The molecule has 8 nitrogen and oxygen atoms in total. The highest BCUT2D eigenvalue weighted by atomic mass is 15.4. The zero-order valence-electron chi connectivity index (χ0n) is 12.5. The van der Waals surface area contributed by atoms with Crippen LogP contribution in [0.25, 0.3) is 0 Å². The molecule has 2 atom stereocenters. The second kappa shape index (κ2) is 5.80. The van der Waals surface area contributed by atoms with E-state index in [1.165, 1.54) is 6.33 Å². The number of piperidine rings is 1. The molecule has 21 heavy (non-hydrogen) atoms. The van der Waals surface area contributed by atoms with Gasteiger partial charge in [0.2, 0.25) is 5.95 Å². The van der Waals surface area contributed by atoms with E-state index in [1.54, 1.807) is 11.0 Å². The van der Waals surface area contributed by atoms with Crippen LogP contribution >= 0.6 is 0 Å². The summed E-state index contributed by atoms with van der Waals surface area (Å²) < 4.78 is 1.76. The summed E-state index contributed by atoms with van der Waals surface area (Å²) >= 11 is 0. The number of nitrogens with one attached hydrogen (secondary N) is 1. The molecule has 3 heterocycles. The topological polar surface area (TPSA) is 102 Å². The van der Waals surface area contributed by atoms with Crippen molar-refractivity contribution in [2.75, 3.05) is 18.0 Å². The average Bonchev–Trinajstić information content (AvgIpc) is 3.18. The molecule has 0 bridgehead atoms. The lowest BCUT2D eigenvalue weighted by atomic mass is 9.91. The standard InChI is InChI=1S/C13H22N8/c1-9(14)11-3-5-20(6-4-11)13-17-12(18-19-13)10(2)21-8-15-7-16-21/h7-11H,3-6,14H2,1-2H3,(H,17,18,19). The third kappa shape index (κ3) is 2.90. The summed E-state index contributed by atoms with van der Waals surface area (Å²) in [7, 11) is 0. The van der Waals surface area contributed by atoms with E-state index in [9.17, 15) is 0 Å². The quantitative estimate of drug-likeness (QED) is 0.853. The number of H-pyrrole nitrogens is 1. The number of nitrogens with two attached hydrogens (primary N) is 1. The van der Waals surface area contributed by atoms with E-state index in [1.807, 2.05) is 6.92 Å².